The predicted molar refractivity (Wildman–Crippen MR) is 133 cm³/mol. The lowest BCUT2D eigenvalue weighted by Gasteiger charge is -2.19. The number of benzene rings is 3. The molecule has 1 heterocycles. The van der Waals surface area contributed by atoms with Gasteiger partial charge in [0.2, 0.25) is 0 Å². The molecule has 6 heteroatoms. The second-order valence-corrected chi connectivity index (χ2v) is 8.29. The van der Waals surface area contributed by atoms with E-state index in [1.807, 2.05) is 61.5 Å². The summed E-state index contributed by atoms with van der Waals surface area (Å²) in [7, 11) is 0. The zero-order valence-corrected chi connectivity index (χ0v) is 19.3. The molecule has 0 radical (unpaired) electrons. The molecule has 3 aromatic rings. The summed E-state index contributed by atoms with van der Waals surface area (Å²) in [4.78, 5) is 25.7. The van der Waals surface area contributed by atoms with Crippen LogP contribution < -0.4 is 15.4 Å². The maximum absolute atomic E-state index is 13.0. The third-order valence-electron chi connectivity index (χ3n) is 5.85. The molecule has 4 rings (SSSR count). The van der Waals surface area contributed by atoms with Gasteiger partial charge in [0.05, 0.1) is 17.4 Å². The number of hydrogen-bond acceptors (Lipinski definition) is 4. The van der Waals surface area contributed by atoms with Crippen LogP contribution >= 0.6 is 0 Å². The van der Waals surface area contributed by atoms with Gasteiger partial charge in [-0.1, -0.05) is 61.5 Å². The standard InChI is InChI=1S/C28H30N2O4/c1-2-26(34-22-16-14-21(15-17-22)20-9-4-3-5-10-20)28(32)30-25-13-7-6-12-24(25)27(31)29-19-23-11-8-18-33-23/h3-7,9-10,12-17,23,26H,2,8,11,18-19H2,1H3,(H,29,31)(H,30,32). The molecule has 0 bridgehead atoms. The Kier molecular flexibility index (Phi) is 7.94. The summed E-state index contributed by atoms with van der Waals surface area (Å²) in [5.74, 6) is 0.0788. The monoisotopic (exact) mass is 458 g/mol. The van der Waals surface area contributed by atoms with Gasteiger partial charge in [0.1, 0.15) is 5.75 Å². The van der Waals surface area contributed by atoms with Gasteiger partial charge in [0.15, 0.2) is 6.10 Å². The number of carbonyl (C=O) groups excluding carboxylic acids is 2. The van der Waals surface area contributed by atoms with Crippen LogP contribution in [0.3, 0.4) is 0 Å². The summed E-state index contributed by atoms with van der Waals surface area (Å²) >= 11 is 0. The van der Waals surface area contributed by atoms with Crippen LogP contribution in [0.15, 0.2) is 78.9 Å². The van der Waals surface area contributed by atoms with Crippen LogP contribution in [0.2, 0.25) is 0 Å². The summed E-state index contributed by atoms with van der Waals surface area (Å²) < 4.78 is 11.5. The van der Waals surface area contributed by atoms with E-state index in [4.69, 9.17) is 9.47 Å². The highest BCUT2D eigenvalue weighted by Crippen LogP contribution is 2.24. The van der Waals surface area contributed by atoms with Gasteiger partial charge in [0.25, 0.3) is 11.8 Å². The molecule has 1 fully saturated rings. The molecule has 176 valence electrons. The van der Waals surface area contributed by atoms with Crippen molar-refractivity contribution in [1.82, 2.24) is 5.32 Å². The minimum absolute atomic E-state index is 0.0526. The normalized spacial score (nSPS) is 16.0. The van der Waals surface area contributed by atoms with E-state index < -0.39 is 6.10 Å². The van der Waals surface area contributed by atoms with Crippen molar-refractivity contribution in [2.24, 2.45) is 0 Å². The second kappa shape index (κ2) is 11.5. The predicted octanol–water partition coefficient (Wildman–Crippen LogP) is 5.06. The quantitative estimate of drug-likeness (QED) is 0.470. The number of para-hydroxylation sites is 1. The number of anilines is 1. The molecule has 1 saturated heterocycles. The van der Waals surface area contributed by atoms with Gasteiger partial charge >= 0.3 is 0 Å². The summed E-state index contributed by atoms with van der Waals surface area (Å²) in [6.07, 6.45) is 1.81. The van der Waals surface area contributed by atoms with Gasteiger partial charge in [-0.15, -0.1) is 0 Å². The topological polar surface area (TPSA) is 76.7 Å². The first-order chi connectivity index (χ1) is 16.6. The molecule has 1 aliphatic rings. The first kappa shape index (κ1) is 23.5. The van der Waals surface area contributed by atoms with E-state index in [-0.39, 0.29) is 17.9 Å². The van der Waals surface area contributed by atoms with Crippen molar-refractivity contribution in [2.45, 2.75) is 38.4 Å². The third-order valence-corrected chi connectivity index (χ3v) is 5.85. The van der Waals surface area contributed by atoms with Crippen LogP contribution in [0, 0.1) is 0 Å². The van der Waals surface area contributed by atoms with Crippen molar-refractivity contribution in [1.29, 1.82) is 0 Å². The number of hydrogen-bond donors (Lipinski definition) is 2. The smallest absolute Gasteiger partial charge is 0.265 e. The highest BCUT2D eigenvalue weighted by Gasteiger charge is 2.22. The number of carbonyl (C=O) groups is 2. The number of nitrogens with one attached hydrogen (secondary N) is 2. The largest absolute Gasteiger partial charge is 0.481 e. The van der Waals surface area contributed by atoms with Gasteiger partial charge in [-0.25, -0.2) is 0 Å². The lowest BCUT2D eigenvalue weighted by atomic mass is 10.1. The van der Waals surface area contributed by atoms with E-state index in [0.717, 1.165) is 30.6 Å². The highest BCUT2D eigenvalue weighted by molar-refractivity contribution is 6.04. The molecule has 3 aromatic carbocycles. The van der Waals surface area contributed by atoms with E-state index >= 15 is 0 Å². The summed E-state index contributed by atoms with van der Waals surface area (Å²) in [6.45, 7) is 3.09. The van der Waals surface area contributed by atoms with Gasteiger partial charge < -0.3 is 20.1 Å². The summed E-state index contributed by atoms with van der Waals surface area (Å²) in [5.41, 5.74) is 3.07. The Labute approximate surface area is 200 Å². The van der Waals surface area contributed by atoms with Gasteiger partial charge in [-0.3, -0.25) is 9.59 Å². The van der Waals surface area contributed by atoms with E-state index in [1.165, 1.54) is 0 Å². The highest BCUT2D eigenvalue weighted by atomic mass is 16.5. The molecule has 0 aromatic heterocycles. The number of ether oxygens (including phenoxy) is 2. The Morgan fingerprint density at radius 3 is 2.38 bits per heavy atom. The van der Waals surface area contributed by atoms with Crippen molar-refractivity contribution in [3.8, 4) is 16.9 Å². The average molecular weight is 459 g/mol. The average Bonchev–Trinajstić information content (AvgIpc) is 3.41. The molecule has 2 unspecified atom stereocenters. The van der Waals surface area contributed by atoms with Crippen LogP contribution in [0.1, 0.15) is 36.5 Å². The van der Waals surface area contributed by atoms with E-state index in [0.29, 0.717) is 30.0 Å². The number of amides is 2. The molecule has 34 heavy (non-hydrogen) atoms. The molecule has 1 aliphatic heterocycles. The van der Waals surface area contributed by atoms with E-state index in [9.17, 15) is 9.59 Å². The van der Waals surface area contributed by atoms with Crippen molar-refractivity contribution in [3.63, 3.8) is 0 Å². The Balaban J connectivity index is 1.38. The molecule has 0 aliphatic carbocycles. The molecule has 0 spiro atoms. The second-order valence-electron chi connectivity index (χ2n) is 8.29. The molecule has 2 atom stereocenters. The zero-order valence-electron chi connectivity index (χ0n) is 19.3. The van der Waals surface area contributed by atoms with Crippen LogP contribution in [0.4, 0.5) is 5.69 Å². The van der Waals surface area contributed by atoms with E-state index in [2.05, 4.69) is 10.6 Å². The van der Waals surface area contributed by atoms with Crippen molar-refractivity contribution >= 4 is 17.5 Å². The SMILES string of the molecule is CCC(Oc1ccc(-c2ccccc2)cc1)C(=O)Nc1ccccc1C(=O)NCC1CCCO1. The number of rotatable bonds is 9. The minimum Gasteiger partial charge on any atom is -0.481 e. The lowest BCUT2D eigenvalue weighted by molar-refractivity contribution is -0.122. The minimum atomic E-state index is -0.689. The van der Waals surface area contributed by atoms with Crippen molar-refractivity contribution in [3.05, 3.63) is 84.4 Å². The maximum Gasteiger partial charge on any atom is 0.265 e. The molecule has 2 N–H and O–H groups in total. The van der Waals surface area contributed by atoms with E-state index in [1.54, 1.807) is 24.3 Å². The first-order valence-electron chi connectivity index (χ1n) is 11.8. The third kappa shape index (κ3) is 6.02. The van der Waals surface area contributed by atoms with Crippen molar-refractivity contribution in [2.75, 3.05) is 18.5 Å². The Morgan fingerprint density at radius 2 is 1.68 bits per heavy atom. The van der Waals surface area contributed by atoms with Crippen LogP contribution in [0.25, 0.3) is 11.1 Å². The molecular formula is C28H30N2O4. The van der Waals surface area contributed by atoms with Crippen LogP contribution in [-0.2, 0) is 9.53 Å². The molecule has 2 amide bonds. The molecule has 0 saturated carbocycles. The van der Waals surface area contributed by atoms with Crippen molar-refractivity contribution < 1.29 is 19.1 Å². The van der Waals surface area contributed by atoms with Gasteiger partial charge in [-0.2, -0.15) is 0 Å². The maximum atomic E-state index is 13.0. The fourth-order valence-corrected chi connectivity index (χ4v) is 3.95. The van der Waals surface area contributed by atoms with Gasteiger partial charge in [-0.05, 0) is 54.7 Å². The zero-order chi connectivity index (χ0) is 23.8. The lowest BCUT2D eigenvalue weighted by Crippen LogP contribution is -2.35. The molecular weight excluding hydrogens is 428 g/mol. The summed E-state index contributed by atoms with van der Waals surface area (Å²) in [5, 5.41) is 5.78. The first-order valence-corrected chi connectivity index (χ1v) is 11.8. The Bertz CT molecular complexity index is 1090. The van der Waals surface area contributed by atoms with Gasteiger partial charge in [0, 0.05) is 13.2 Å². The molecule has 6 nitrogen and oxygen atoms in total. The Morgan fingerprint density at radius 1 is 0.971 bits per heavy atom. The Hall–Kier alpha value is -3.64. The fourth-order valence-electron chi connectivity index (χ4n) is 3.95. The van der Waals surface area contributed by atoms with Crippen LogP contribution in [0.5, 0.6) is 5.75 Å². The van der Waals surface area contributed by atoms with Crippen LogP contribution in [-0.4, -0.2) is 37.2 Å². The fraction of sp³-hybridized carbons (Fsp3) is 0.286. The summed E-state index contributed by atoms with van der Waals surface area (Å²) in [6, 6.07) is 24.7.